The first kappa shape index (κ1) is 21.9. The Kier molecular flexibility index (Phi) is 4.82. The van der Waals surface area contributed by atoms with Crippen molar-refractivity contribution in [3.63, 3.8) is 0 Å². The summed E-state index contributed by atoms with van der Waals surface area (Å²) in [7, 11) is 0. The highest BCUT2D eigenvalue weighted by Crippen LogP contribution is 2.57. The van der Waals surface area contributed by atoms with Crippen LogP contribution in [-0.4, -0.2) is 29.0 Å². The van der Waals surface area contributed by atoms with E-state index in [1.54, 1.807) is 60.7 Å². The average molecular weight is 486 g/mol. The highest BCUT2D eigenvalue weighted by atomic mass is 35.5. The Hall–Kier alpha value is -3.61. The van der Waals surface area contributed by atoms with E-state index in [9.17, 15) is 19.2 Å². The van der Waals surface area contributed by atoms with Crippen molar-refractivity contribution in [3.05, 3.63) is 100 Å². The number of nitrogens with zero attached hydrogens (tertiary/aromatic N) is 1. The second kappa shape index (κ2) is 7.70. The predicted molar refractivity (Wildman–Crippen MR) is 128 cm³/mol. The molecule has 1 aliphatic carbocycles. The second-order valence-electron chi connectivity index (χ2n) is 9.06. The predicted octanol–water partition coefficient (Wildman–Crippen LogP) is 4.60. The molecule has 3 aromatic carbocycles. The molecule has 1 spiro atoms. The standard InChI is InChI=1S/C28H20ClNO5/c1-2-15-7-13-18(14-8-15)30-26(33)21-22(27(30)34)28(35-23(21)16-9-11-17(29)12-10-16)24(31)19-5-3-4-6-20(19)25(28)32/h3-14,21-23H,2H2,1H3/t21-,22-,23+/m0/s1. The van der Waals surface area contributed by atoms with Crippen molar-refractivity contribution < 1.29 is 23.9 Å². The number of imide groups is 1. The van der Waals surface area contributed by atoms with Gasteiger partial charge in [-0.15, -0.1) is 0 Å². The van der Waals surface area contributed by atoms with Crippen LogP contribution < -0.4 is 4.90 Å². The molecule has 2 aliphatic heterocycles. The van der Waals surface area contributed by atoms with Crippen LogP contribution in [0, 0.1) is 11.8 Å². The second-order valence-corrected chi connectivity index (χ2v) is 9.50. The number of hydrogen-bond donors (Lipinski definition) is 0. The Balaban J connectivity index is 1.52. The van der Waals surface area contributed by atoms with Crippen LogP contribution in [0.1, 0.15) is 44.9 Å². The maximum atomic E-state index is 13.9. The topological polar surface area (TPSA) is 80.8 Å². The molecule has 0 bridgehead atoms. The number of Topliss-reactive ketones (excluding diaryl/α,β-unsaturated/α-hetero) is 2. The van der Waals surface area contributed by atoms with Crippen LogP contribution in [0.25, 0.3) is 0 Å². The maximum Gasteiger partial charge on any atom is 0.241 e. The van der Waals surface area contributed by atoms with Crippen LogP contribution in [0.3, 0.4) is 0 Å². The van der Waals surface area contributed by atoms with Gasteiger partial charge in [0.25, 0.3) is 0 Å². The Bertz CT molecular complexity index is 1380. The summed E-state index contributed by atoms with van der Waals surface area (Å²) in [6.45, 7) is 2.01. The Labute approximate surface area is 206 Å². The normalized spacial score (nSPS) is 24.4. The third-order valence-electron chi connectivity index (χ3n) is 7.32. The fourth-order valence-corrected chi connectivity index (χ4v) is 5.73. The molecule has 2 amide bonds. The lowest BCUT2D eigenvalue weighted by atomic mass is 9.77. The number of ether oxygens (including phenoxy) is 1. The van der Waals surface area contributed by atoms with Crippen molar-refractivity contribution in [1.82, 2.24) is 0 Å². The summed E-state index contributed by atoms with van der Waals surface area (Å²) >= 11 is 6.06. The van der Waals surface area contributed by atoms with Gasteiger partial charge in [0.15, 0.2) is 0 Å². The van der Waals surface area contributed by atoms with Gasteiger partial charge in [-0.2, -0.15) is 0 Å². The number of hydrogen-bond acceptors (Lipinski definition) is 5. The number of anilines is 1. The van der Waals surface area contributed by atoms with Gasteiger partial charge in [-0.25, -0.2) is 4.90 Å². The lowest BCUT2D eigenvalue weighted by Gasteiger charge is -2.27. The molecular formula is C28H20ClNO5. The SMILES string of the molecule is CCc1ccc(N2C(=O)[C@@H]3[C@@H](c4ccc(Cl)cc4)OC4(C(=O)c5ccccc5C4=O)[C@@H]3C2=O)cc1. The number of rotatable bonds is 3. The van der Waals surface area contributed by atoms with E-state index in [-0.39, 0.29) is 11.1 Å². The number of carbonyl (C=O) groups is 4. The lowest BCUT2D eigenvalue weighted by Crippen LogP contribution is -2.51. The summed E-state index contributed by atoms with van der Waals surface area (Å²) in [6.07, 6.45) is -0.152. The minimum atomic E-state index is -2.08. The van der Waals surface area contributed by atoms with E-state index in [1.807, 2.05) is 19.1 Å². The Morgan fingerprint density at radius 3 is 2.00 bits per heavy atom. The van der Waals surface area contributed by atoms with Gasteiger partial charge >= 0.3 is 0 Å². The first-order valence-corrected chi connectivity index (χ1v) is 11.8. The van der Waals surface area contributed by atoms with Gasteiger partial charge in [-0.1, -0.05) is 67.1 Å². The van der Waals surface area contributed by atoms with Crippen LogP contribution in [0.15, 0.2) is 72.8 Å². The Morgan fingerprint density at radius 1 is 0.829 bits per heavy atom. The van der Waals surface area contributed by atoms with E-state index in [0.717, 1.165) is 16.9 Å². The minimum Gasteiger partial charge on any atom is -0.349 e. The molecule has 0 radical (unpaired) electrons. The zero-order valence-electron chi connectivity index (χ0n) is 18.7. The molecule has 0 unspecified atom stereocenters. The molecule has 3 atom stereocenters. The van der Waals surface area contributed by atoms with Gasteiger partial charge in [-0.05, 0) is 41.8 Å². The molecule has 2 fully saturated rings. The molecule has 35 heavy (non-hydrogen) atoms. The summed E-state index contributed by atoms with van der Waals surface area (Å²) < 4.78 is 6.26. The number of ketones is 2. The molecule has 0 N–H and O–H groups in total. The number of amides is 2. The van der Waals surface area contributed by atoms with Crippen LogP contribution in [0.2, 0.25) is 5.02 Å². The molecule has 7 heteroatoms. The summed E-state index contributed by atoms with van der Waals surface area (Å²) in [5, 5.41) is 0.491. The van der Waals surface area contributed by atoms with Crippen molar-refractivity contribution in [2.24, 2.45) is 11.8 Å². The van der Waals surface area contributed by atoms with Crippen molar-refractivity contribution in [2.75, 3.05) is 4.90 Å². The van der Waals surface area contributed by atoms with Crippen molar-refractivity contribution >= 4 is 40.7 Å². The Morgan fingerprint density at radius 2 is 1.43 bits per heavy atom. The molecule has 0 aromatic heterocycles. The first-order valence-electron chi connectivity index (χ1n) is 11.5. The minimum absolute atomic E-state index is 0.207. The van der Waals surface area contributed by atoms with E-state index < -0.39 is 46.9 Å². The third-order valence-corrected chi connectivity index (χ3v) is 7.57. The maximum absolute atomic E-state index is 13.9. The number of halogens is 1. The highest BCUT2D eigenvalue weighted by Gasteiger charge is 2.74. The molecule has 6 rings (SSSR count). The van der Waals surface area contributed by atoms with Crippen molar-refractivity contribution in [2.45, 2.75) is 25.0 Å². The van der Waals surface area contributed by atoms with Crippen molar-refractivity contribution in [1.29, 1.82) is 0 Å². The van der Waals surface area contributed by atoms with Crippen molar-refractivity contribution in [3.8, 4) is 0 Å². The van der Waals surface area contributed by atoms with Crippen LogP contribution in [0.4, 0.5) is 5.69 Å². The van der Waals surface area contributed by atoms with E-state index >= 15 is 0 Å². The van der Waals surface area contributed by atoms with E-state index in [2.05, 4.69) is 0 Å². The summed E-state index contributed by atoms with van der Waals surface area (Å²) in [6, 6.07) is 20.3. The fourth-order valence-electron chi connectivity index (χ4n) is 5.61. The lowest BCUT2D eigenvalue weighted by molar-refractivity contribution is -0.127. The van der Waals surface area contributed by atoms with Crippen LogP contribution in [-0.2, 0) is 20.7 Å². The molecule has 2 heterocycles. The van der Waals surface area contributed by atoms with Crippen LogP contribution in [0.5, 0.6) is 0 Å². The van der Waals surface area contributed by atoms with Gasteiger partial charge in [0.05, 0.1) is 23.6 Å². The number of fused-ring (bicyclic) bond motifs is 3. The van der Waals surface area contributed by atoms with Gasteiger partial charge in [0.1, 0.15) is 0 Å². The first-order chi connectivity index (χ1) is 16.9. The van der Waals surface area contributed by atoms with E-state index in [1.165, 1.54) is 0 Å². The quantitative estimate of drug-likeness (QED) is 0.400. The summed E-state index contributed by atoms with van der Waals surface area (Å²) in [5.41, 5.74) is 0.374. The molecule has 0 saturated carbocycles. The van der Waals surface area contributed by atoms with Gasteiger partial charge in [-0.3, -0.25) is 19.2 Å². The third kappa shape index (κ3) is 2.87. The monoisotopic (exact) mass is 485 g/mol. The van der Waals surface area contributed by atoms with Crippen LogP contribution >= 0.6 is 11.6 Å². The van der Waals surface area contributed by atoms with Gasteiger partial charge in [0.2, 0.25) is 29.0 Å². The zero-order chi connectivity index (χ0) is 24.5. The number of aryl methyl sites for hydroxylation is 1. The van der Waals surface area contributed by atoms with Gasteiger partial charge in [0, 0.05) is 16.1 Å². The molecule has 174 valence electrons. The summed E-state index contributed by atoms with van der Waals surface area (Å²) in [4.78, 5) is 56.3. The van der Waals surface area contributed by atoms with E-state index in [4.69, 9.17) is 16.3 Å². The summed E-state index contributed by atoms with van der Waals surface area (Å²) in [5.74, 6) is -4.54. The number of benzene rings is 3. The average Bonchev–Trinajstić information content (AvgIpc) is 3.44. The zero-order valence-corrected chi connectivity index (χ0v) is 19.5. The molecule has 3 aromatic rings. The fraction of sp³-hybridized carbons (Fsp3) is 0.214. The van der Waals surface area contributed by atoms with E-state index in [0.29, 0.717) is 16.3 Å². The molecule has 6 nitrogen and oxygen atoms in total. The molecule has 3 aliphatic rings. The van der Waals surface area contributed by atoms with Gasteiger partial charge < -0.3 is 4.74 Å². The molecular weight excluding hydrogens is 466 g/mol. The molecule has 2 saturated heterocycles. The highest BCUT2D eigenvalue weighted by molar-refractivity contribution is 6.37. The largest absolute Gasteiger partial charge is 0.349 e. The smallest absolute Gasteiger partial charge is 0.241 e. The number of carbonyl (C=O) groups excluding carboxylic acids is 4.